The summed E-state index contributed by atoms with van der Waals surface area (Å²) in [5.74, 6) is 0.946. The predicted molar refractivity (Wildman–Crippen MR) is 96.3 cm³/mol. The number of carbonyl (C=O) groups is 1. The molecule has 3 heterocycles. The Kier molecular flexibility index (Phi) is 4.64. The molecule has 8 nitrogen and oxygen atoms in total. The molecule has 1 saturated heterocycles. The van der Waals surface area contributed by atoms with Gasteiger partial charge in [-0.15, -0.1) is 0 Å². The summed E-state index contributed by atoms with van der Waals surface area (Å²) in [6.45, 7) is 3.70. The molecule has 1 amide bonds. The number of hydrazine groups is 1. The van der Waals surface area contributed by atoms with Crippen LogP contribution in [0.1, 0.15) is 58.4 Å². The number of rotatable bonds is 3. The number of aryl methyl sites for hydroxylation is 2. The van der Waals surface area contributed by atoms with Crippen molar-refractivity contribution in [3.8, 4) is 6.07 Å². The molecule has 4 unspecified atom stereocenters. The Hall–Kier alpha value is -2.76. The van der Waals surface area contributed by atoms with E-state index in [0.717, 1.165) is 30.7 Å². The lowest BCUT2D eigenvalue weighted by Gasteiger charge is -2.33. The molecule has 1 saturated carbocycles. The lowest BCUT2D eigenvalue weighted by Crippen LogP contribution is -2.44. The summed E-state index contributed by atoms with van der Waals surface area (Å²) in [6.07, 6.45) is 4.15. The molecule has 0 radical (unpaired) electrons. The second kappa shape index (κ2) is 7.10. The number of nitrogens with zero attached hydrogens (tertiary/aromatic N) is 3. The van der Waals surface area contributed by atoms with E-state index in [0.29, 0.717) is 28.8 Å². The molecule has 4 atom stereocenters. The Balaban J connectivity index is 1.45. The van der Waals surface area contributed by atoms with E-state index in [9.17, 15) is 4.79 Å². The molecule has 3 N–H and O–H groups in total. The van der Waals surface area contributed by atoms with Crippen LogP contribution in [0.5, 0.6) is 0 Å². The van der Waals surface area contributed by atoms with E-state index in [1.165, 1.54) is 6.20 Å². The molecule has 140 valence electrons. The Morgan fingerprint density at radius 2 is 2.19 bits per heavy atom. The second-order valence-electron chi connectivity index (χ2n) is 7.39. The number of hydrogen-bond acceptors (Lipinski definition) is 7. The third-order valence-electron chi connectivity index (χ3n) is 5.46. The first-order valence-electron chi connectivity index (χ1n) is 9.17. The first-order chi connectivity index (χ1) is 13.0. The van der Waals surface area contributed by atoms with Gasteiger partial charge in [-0.2, -0.15) is 5.26 Å². The Bertz CT molecular complexity index is 902. The zero-order chi connectivity index (χ0) is 19.0. The fourth-order valence-corrected chi connectivity index (χ4v) is 4.13. The minimum Gasteiger partial charge on any atom is -0.359 e. The number of fused-ring (bicyclic) bond motifs is 1. The maximum Gasteiger partial charge on any atom is 0.270 e. The van der Waals surface area contributed by atoms with Gasteiger partial charge in [-0.3, -0.25) is 10.2 Å². The van der Waals surface area contributed by atoms with Crippen LogP contribution in [0, 0.1) is 31.1 Å². The SMILES string of the molecule is Cc1cc(C2NNC3CCC(NC(=O)c4ncc(C#N)cc4C)CC32)on1. The number of carbonyl (C=O) groups excluding carboxylic acids is 1. The summed E-state index contributed by atoms with van der Waals surface area (Å²) < 4.78 is 5.44. The molecule has 2 aromatic rings. The largest absolute Gasteiger partial charge is 0.359 e. The van der Waals surface area contributed by atoms with Gasteiger partial charge < -0.3 is 9.84 Å². The second-order valence-corrected chi connectivity index (χ2v) is 7.39. The highest BCUT2D eigenvalue weighted by molar-refractivity contribution is 5.93. The van der Waals surface area contributed by atoms with Gasteiger partial charge in [0.05, 0.1) is 17.3 Å². The summed E-state index contributed by atoms with van der Waals surface area (Å²) in [5, 5.41) is 16.0. The molecular formula is C19H22N6O2. The maximum atomic E-state index is 12.7. The van der Waals surface area contributed by atoms with E-state index in [-0.39, 0.29) is 18.0 Å². The van der Waals surface area contributed by atoms with E-state index in [1.807, 2.05) is 19.1 Å². The van der Waals surface area contributed by atoms with Gasteiger partial charge in [0.15, 0.2) is 5.76 Å². The van der Waals surface area contributed by atoms with E-state index in [2.05, 4.69) is 26.3 Å². The smallest absolute Gasteiger partial charge is 0.270 e. The molecular weight excluding hydrogens is 344 g/mol. The molecule has 2 aromatic heterocycles. The lowest BCUT2D eigenvalue weighted by atomic mass is 9.78. The van der Waals surface area contributed by atoms with Crippen LogP contribution in [0.15, 0.2) is 22.9 Å². The third kappa shape index (κ3) is 3.44. The molecule has 1 aliphatic carbocycles. The van der Waals surface area contributed by atoms with Crippen LogP contribution in [0.2, 0.25) is 0 Å². The number of aromatic nitrogens is 2. The summed E-state index contributed by atoms with van der Waals surface area (Å²) in [5.41, 5.74) is 9.07. The average Bonchev–Trinajstić information content (AvgIpc) is 3.27. The summed E-state index contributed by atoms with van der Waals surface area (Å²) in [7, 11) is 0. The van der Waals surface area contributed by atoms with Crippen molar-refractivity contribution in [1.82, 2.24) is 26.3 Å². The van der Waals surface area contributed by atoms with Crippen molar-refractivity contribution in [3.05, 3.63) is 46.6 Å². The Morgan fingerprint density at radius 3 is 2.89 bits per heavy atom. The van der Waals surface area contributed by atoms with Gasteiger partial charge in [-0.25, -0.2) is 10.4 Å². The molecule has 1 aliphatic heterocycles. The van der Waals surface area contributed by atoms with Crippen LogP contribution >= 0.6 is 0 Å². The maximum absolute atomic E-state index is 12.7. The Morgan fingerprint density at radius 1 is 1.33 bits per heavy atom. The quantitative estimate of drug-likeness (QED) is 0.757. The van der Waals surface area contributed by atoms with Gasteiger partial charge in [0.2, 0.25) is 0 Å². The van der Waals surface area contributed by atoms with Crippen LogP contribution in [0.3, 0.4) is 0 Å². The first kappa shape index (κ1) is 17.6. The van der Waals surface area contributed by atoms with Crippen LogP contribution in [0.25, 0.3) is 0 Å². The molecule has 0 aromatic carbocycles. The van der Waals surface area contributed by atoms with Crippen LogP contribution in [-0.4, -0.2) is 28.1 Å². The van der Waals surface area contributed by atoms with Crippen molar-refractivity contribution >= 4 is 5.91 Å². The highest BCUT2D eigenvalue weighted by Crippen LogP contribution is 2.38. The zero-order valence-electron chi connectivity index (χ0n) is 15.3. The number of nitrogens with one attached hydrogen (secondary N) is 3. The zero-order valence-corrected chi connectivity index (χ0v) is 15.3. The van der Waals surface area contributed by atoms with E-state index < -0.39 is 0 Å². The third-order valence-corrected chi connectivity index (χ3v) is 5.46. The normalized spacial score (nSPS) is 27.0. The van der Waals surface area contributed by atoms with Crippen molar-refractivity contribution in [3.63, 3.8) is 0 Å². The monoisotopic (exact) mass is 366 g/mol. The topological polar surface area (TPSA) is 116 Å². The average molecular weight is 366 g/mol. The molecule has 2 aliphatic rings. The predicted octanol–water partition coefficient (Wildman–Crippen LogP) is 1.67. The van der Waals surface area contributed by atoms with Crippen molar-refractivity contribution in [2.24, 2.45) is 5.92 Å². The van der Waals surface area contributed by atoms with Gasteiger partial charge in [0, 0.05) is 30.3 Å². The molecule has 0 bridgehead atoms. The number of nitriles is 1. The molecule has 8 heteroatoms. The van der Waals surface area contributed by atoms with E-state index in [4.69, 9.17) is 9.78 Å². The van der Waals surface area contributed by atoms with Gasteiger partial charge in [0.1, 0.15) is 11.8 Å². The van der Waals surface area contributed by atoms with Crippen molar-refractivity contribution in [2.75, 3.05) is 0 Å². The number of pyridine rings is 1. The first-order valence-corrected chi connectivity index (χ1v) is 9.17. The molecule has 4 rings (SSSR count). The van der Waals surface area contributed by atoms with Crippen LogP contribution < -0.4 is 16.2 Å². The van der Waals surface area contributed by atoms with Crippen LogP contribution in [0.4, 0.5) is 0 Å². The van der Waals surface area contributed by atoms with Crippen LogP contribution in [-0.2, 0) is 0 Å². The fourth-order valence-electron chi connectivity index (χ4n) is 4.13. The summed E-state index contributed by atoms with van der Waals surface area (Å²) in [6, 6.07) is 6.15. The standard InChI is InChI=1S/C19H22N6O2/c1-10-5-12(8-20)9-21-17(10)19(26)22-13-3-4-15-14(7-13)18(24-23-15)16-6-11(2)25-27-16/h5-6,9,13-15,18,23-24H,3-4,7H2,1-2H3,(H,22,26). The minimum absolute atomic E-state index is 0.0469. The highest BCUT2D eigenvalue weighted by Gasteiger charge is 2.43. The molecule has 27 heavy (non-hydrogen) atoms. The van der Waals surface area contributed by atoms with Gasteiger partial charge in [-0.1, -0.05) is 5.16 Å². The number of amides is 1. The minimum atomic E-state index is -0.189. The summed E-state index contributed by atoms with van der Waals surface area (Å²) in [4.78, 5) is 16.8. The van der Waals surface area contributed by atoms with Crippen molar-refractivity contribution in [1.29, 1.82) is 5.26 Å². The van der Waals surface area contributed by atoms with E-state index >= 15 is 0 Å². The summed E-state index contributed by atoms with van der Waals surface area (Å²) >= 11 is 0. The van der Waals surface area contributed by atoms with Crippen molar-refractivity contribution in [2.45, 2.75) is 51.2 Å². The van der Waals surface area contributed by atoms with E-state index in [1.54, 1.807) is 13.0 Å². The van der Waals surface area contributed by atoms with Gasteiger partial charge in [-0.05, 0) is 44.7 Å². The lowest BCUT2D eigenvalue weighted by molar-refractivity contribution is 0.0908. The van der Waals surface area contributed by atoms with Gasteiger partial charge >= 0.3 is 0 Å². The Labute approximate surface area is 157 Å². The highest BCUT2D eigenvalue weighted by atomic mass is 16.5. The number of hydrogen-bond donors (Lipinski definition) is 3. The molecule has 0 spiro atoms. The molecule has 2 fully saturated rings. The fraction of sp³-hybridized carbons (Fsp3) is 0.474. The van der Waals surface area contributed by atoms with Crippen molar-refractivity contribution < 1.29 is 9.32 Å². The van der Waals surface area contributed by atoms with Gasteiger partial charge in [0.25, 0.3) is 5.91 Å².